The average molecular weight is 441 g/mol. The lowest BCUT2D eigenvalue weighted by atomic mass is 9.94. The number of carbonyl (C=O) groups excluding carboxylic acids is 1. The lowest BCUT2D eigenvalue weighted by Gasteiger charge is -2.29. The van der Waals surface area contributed by atoms with Crippen LogP contribution in [0, 0.1) is 0 Å². The smallest absolute Gasteiger partial charge is 0.189 e. The van der Waals surface area contributed by atoms with Gasteiger partial charge in [0.05, 0.1) is 17.3 Å². The third-order valence-electron chi connectivity index (χ3n) is 5.64. The number of hydrogen-bond donors (Lipinski definition) is 4. The number of hydrogen-bond acceptors (Lipinski definition) is 6. The van der Waals surface area contributed by atoms with Crippen molar-refractivity contribution in [1.29, 1.82) is 0 Å². The minimum Gasteiger partial charge on any atom is -0.508 e. The van der Waals surface area contributed by atoms with Crippen LogP contribution < -0.4 is 0 Å². The molecule has 0 aliphatic carbocycles. The van der Waals surface area contributed by atoms with Gasteiger partial charge in [-0.2, -0.15) is 0 Å². The highest BCUT2D eigenvalue weighted by Crippen LogP contribution is 2.32. The average Bonchev–Trinajstić information content (AvgIpc) is 2.76. The molecule has 0 saturated carbocycles. The monoisotopic (exact) mass is 440 g/mol. The largest absolute Gasteiger partial charge is 0.508 e. The van der Waals surface area contributed by atoms with Crippen LogP contribution in [0.4, 0.5) is 0 Å². The fraction of sp³-hybridized carbons (Fsp3) is 0.346. The normalized spacial score (nSPS) is 13.5. The van der Waals surface area contributed by atoms with Gasteiger partial charge in [-0.05, 0) is 75.9 Å². The fourth-order valence-electron chi connectivity index (χ4n) is 3.10. The number of phenols is 3. The molecule has 6 nitrogen and oxygen atoms in total. The number of carbonyl (C=O) groups is 1. The molecule has 0 radical (unpaired) electrons. The zero-order valence-electron chi connectivity index (χ0n) is 19.0. The first-order valence-corrected chi connectivity index (χ1v) is 10.5. The topological polar surface area (TPSA) is 107 Å². The van der Waals surface area contributed by atoms with Crippen LogP contribution in [-0.4, -0.2) is 45.0 Å². The summed E-state index contributed by atoms with van der Waals surface area (Å²) in [5, 5.41) is 40.4. The Balaban J connectivity index is 2.11. The number of aliphatic hydroxyl groups excluding tert-OH is 1. The summed E-state index contributed by atoms with van der Waals surface area (Å²) in [5.74, 6) is -0.613. The number of ketones is 1. The molecule has 0 aliphatic rings. The summed E-state index contributed by atoms with van der Waals surface area (Å²) in [6.45, 7) is 5.56. The van der Waals surface area contributed by atoms with Crippen LogP contribution in [0.25, 0.3) is 6.08 Å². The first-order valence-electron chi connectivity index (χ1n) is 10.5. The molecule has 32 heavy (non-hydrogen) atoms. The van der Waals surface area contributed by atoms with E-state index in [2.05, 4.69) is 0 Å². The van der Waals surface area contributed by atoms with Gasteiger partial charge < -0.3 is 25.2 Å². The standard InChI is InChI=1S/C26H32O6/c1-17(6-16-24(30)26(2,3)32-4)5-12-20-23(29)15-13-21(25(20)31)22(28)14-9-18-7-10-19(27)11-8-18/h5,7-11,13-15,24,27,29-31H,6,12,16H2,1-4H3/b14-9+,17-5+/t24-/m0/s1. The Morgan fingerprint density at radius 2 is 1.75 bits per heavy atom. The Hall–Kier alpha value is -3.09. The predicted octanol–water partition coefficient (Wildman–Crippen LogP) is 4.75. The first kappa shape index (κ1) is 25.2. The number of phenolic OH excluding ortho intramolecular Hbond substituents is 3. The Morgan fingerprint density at radius 1 is 1.09 bits per heavy atom. The van der Waals surface area contributed by atoms with Gasteiger partial charge in [0.1, 0.15) is 17.2 Å². The number of aromatic hydroxyl groups is 3. The highest BCUT2D eigenvalue weighted by atomic mass is 16.5. The van der Waals surface area contributed by atoms with Crippen LogP contribution >= 0.6 is 0 Å². The van der Waals surface area contributed by atoms with Crippen molar-refractivity contribution in [3.8, 4) is 17.2 Å². The van der Waals surface area contributed by atoms with E-state index in [9.17, 15) is 25.2 Å². The summed E-state index contributed by atoms with van der Waals surface area (Å²) in [4.78, 5) is 12.6. The van der Waals surface area contributed by atoms with Gasteiger partial charge in [-0.25, -0.2) is 0 Å². The molecular formula is C26H32O6. The molecular weight excluding hydrogens is 408 g/mol. The second kappa shape index (κ2) is 11.0. The SMILES string of the molecule is COC(C)(C)[C@@H](O)CC/C(C)=C/Cc1c(O)ccc(C(=O)/C=C/c2ccc(O)cc2)c1O. The van der Waals surface area contributed by atoms with Crippen molar-refractivity contribution in [3.63, 3.8) is 0 Å². The van der Waals surface area contributed by atoms with Crippen molar-refractivity contribution in [2.24, 2.45) is 0 Å². The fourth-order valence-corrected chi connectivity index (χ4v) is 3.10. The second-order valence-electron chi connectivity index (χ2n) is 8.37. The van der Waals surface area contributed by atoms with E-state index in [4.69, 9.17) is 4.74 Å². The molecule has 2 aromatic carbocycles. The zero-order chi connectivity index (χ0) is 23.9. The molecule has 0 fully saturated rings. The number of methoxy groups -OCH3 is 1. The van der Waals surface area contributed by atoms with Crippen molar-refractivity contribution in [3.05, 3.63) is 70.8 Å². The lowest BCUT2D eigenvalue weighted by molar-refractivity contribution is -0.0797. The van der Waals surface area contributed by atoms with Gasteiger partial charge in [-0.15, -0.1) is 0 Å². The van der Waals surface area contributed by atoms with Crippen molar-refractivity contribution < 1.29 is 30.0 Å². The van der Waals surface area contributed by atoms with Crippen LogP contribution in [0.1, 0.15) is 55.1 Å². The Kier molecular flexibility index (Phi) is 8.63. The number of ether oxygens (including phenoxy) is 1. The maximum absolute atomic E-state index is 12.6. The summed E-state index contributed by atoms with van der Waals surface area (Å²) in [6, 6.07) is 9.15. The van der Waals surface area contributed by atoms with Gasteiger partial charge in [0.15, 0.2) is 5.78 Å². The molecule has 0 unspecified atom stereocenters. The second-order valence-corrected chi connectivity index (χ2v) is 8.37. The van der Waals surface area contributed by atoms with Crippen LogP contribution in [0.3, 0.4) is 0 Å². The Labute approximate surface area is 189 Å². The van der Waals surface area contributed by atoms with Gasteiger partial charge in [0, 0.05) is 12.7 Å². The molecule has 2 aromatic rings. The molecule has 0 spiro atoms. The first-order chi connectivity index (χ1) is 15.0. The van der Waals surface area contributed by atoms with Crippen LogP contribution in [-0.2, 0) is 11.2 Å². The number of allylic oxidation sites excluding steroid dienone is 3. The molecule has 4 N–H and O–H groups in total. The summed E-state index contributed by atoms with van der Waals surface area (Å²) in [6.07, 6.45) is 5.55. The molecule has 1 atom stereocenters. The van der Waals surface area contributed by atoms with Gasteiger partial charge in [-0.1, -0.05) is 29.9 Å². The molecule has 0 saturated heterocycles. The molecule has 0 bridgehead atoms. The molecule has 0 aliphatic heterocycles. The maximum Gasteiger partial charge on any atom is 0.189 e. The van der Waals surface area contributed by atoms with E-state index in [1.165, 1.54) is 30.3 Å². The maximum atomic E-state index is 12.6. The van der Waals surface area contributed by atoms with E-state index in [1.807, 2.05) is 26.8 Å². The van der Waals surface area contributed by atoms with Crippen LogP contribution in [0.15, 0.2) is 54.1 Å². The van der Waals surface area contributed by atoms with Crippen molar-refractivity contribution in [2.45, 2.75) is 51.7 Å². The summed E-state index contributed by atoms with van der Waals surface area (Å²) < 4.78 is 5.30. The molecule has 172 valence electrons. The van der Waals surface area contributed by atoms with Gasteiger partial charge in [0.2, 0.25) is 0 Å². The highest BCUT2D eigenvalue weighted by molar-refractivity contribution is 6.09. The third-order valence-corrected chi connectivity index (χ3v) is 5.64. The van der Waals surface area contributed by atoms with E-state index in [-0.39, 0.29) is 34.8 Å². The molecule has 0 heterocycles. The van der Waals surface area contributed by atoms with Crippen LogP contribution in [0.5, 0.6) is 17.2 Å². The van der Waals surface area contributed by atoms with Crippen molar-refractivity contribution in [2.75, 3.05) is 7.11 Å². The van der Waals surface area contributed by atoms with Crippen LogP contribution in [0.2, 0.25) is 0 Å². The summed E-state index contributed by atoms with van der Waals surface area (Å²) in [7, 11) is 1.56. The van der Waals surface area contributed by atoms with E-state index in [0.717, 1.165) is 11.1 Å². The highest BCUT2D eigenvalue weighted by Gasteiger charge is 2.26. The van der Waals surface area contributed by atoms with Crippen molar-refractivity contribution in [1.82, 2.24) is 0 Å². The lowest BCUT2D eigenvalue weighted by Crippen LogP contribution is -2.37. The van der Waals surface area contributed by atoms with E-state index in [1.54, 1.807) is 25.3 Å². The summed E-state index contributed by atoms with van der Waals surface area (Å²) in [5.41, 5.74) is 1.44. The van der Waals surface area contributed by atoms with Gasteiger partial charge >= 0.3 is 0 Å². The third kappa shape index (κ3) is 6.70. The number of aliphatic hydroxyl groups is 1. The van der Waals surface area contributed by atoms with Crippen molar-refractivity contribution >= 4 is 11.9 Å². The predicted molar refractivity (Wildman–Crippen MR) is 125 cm³/mol. The Morgan fingerprint density at radius 3 is 2.38 bits per heavy atom. The van der Waals surface area contributed by atoms with E-state index >= 15 is 0 Å². The molecule has 6 heteroatoms. The van der Waals surface area contributed by atoms with E-state index < -0.39 is 17.5 Å². The van der Waals surface area contributed by atoms with Gasteiger partial charge in [0.25, 0.3) is 0 Å². The molecule has 0 aromatic heterocycles. The quantitative estimate of drug-likeness (QED) is 0.241. The zero-order valence-corrected chi connectivity index (χ0v) is 19.0. The van der Waals surface area contributed by atoms with Gasteiger partial charge in [-0.3, -0.25) is 4.79 Å². The summed E-state index contributed by atoms with van der Waals surface area (Å²) >= 11 is 0. The minimum atomic E-state index is -0.640. The Bertz CT molecular complexity index is 986. The number of benzene rings is 2. The molecule has 0 amide bonds. The van der Waals surface area contributed by atoms with E-state index in [0.29, 0.717) is 12.8 Å². The minimum absolute atomic E-state index is 0.0915. The number of rotatable bonds is 10. The molecule has 2 rings (SSSR count).